The van der Waals surface area contributed by atoms with E-state index in [1.54, 1.807) is 13.1 Å². The molecule has 1 aromatic rings. The van der Waals surface area contributed by atoms with E-state index < -0.39 is 0 Å². The number of nitrogens with zero attached hydrogens (tertiary/aromatic N) is 2. The zero-order valence-corrected chi connectivity index (χ0v) is 9.89. The van der Waals surface area contributed by atoms with E-state index in [9.17, 15) is 4.79 Å². The summed E-state index contributed by atoms with van der Waals surface area (Å²) in [6.07, 6.45) is 2.73. The molecule has 0 aliphatic carbocycles. The first-order valence-corrected chi connectivity index (χ1v) is 5.57. The third-order valence-electron chi connectivity index (χ3n) is 2.39. The number of carbonyl (C=O) groups is 1. The molecule has 0 saturated heterocycles. The number of rotatable bonds is 4. The molecule has 0 radical (unpaired) electrons. The second kappa shape index (κ2) is 4.55. The Morgan fingerprint density at radius 2 is 2.36 bits per heavy atom. The van der Waals surface area contributed by atoms with Crippen LogP contribution in [0.2, 0.25) is 0 Å². The first kappa shape index (κ1) is 11.2. The average Bonchev–Trinajstić information content (AvgIpc) is 2.64. The number of aromatic nitrogens is 1. The fourth-order valence-corrected chi connectivity index (χ4v) is 1.93. The average molecular weight is 212 g/mol. The van der Waals surface area contributed by atoms with Crippen LogP contribution in [0.4, 0.5) is 5.13 Å². The van der Waals surface area contributed by atoms with E-state index in [0.717, 1.165) is 16.4 Å². The van der Waals surface area contributed by atoms with Gasteiger partial charge in [-0.15, -0.1) is 0 Å². The standard InChI is InChI=1S/C10H16N2OS/c1-5-7(2)12(4)10-11-6-9(14-10)8(3)13/h6-7H,5H2,1-4H3. The van der Waals surface area contributed by atoms with Gasteiger partial charge in [0.15, 0.2) is 10.9 Å². The Kier molecular flexibility index (Phi) is 3.63. The van der Waals surface area contributed by atoms with Crippen LogP contribution < -0.4 is 4.90 Å². The normalized spacial score (nSPS) is 12.6. The Morgan fingerprint density at radius 1 is 1.71 bits per heavy atom. The van der Waals surface area contributed by atoms with Crippen molar-refractivity contribution in [3.63, 3.8) is 0 Å². The summed E-state index contributed by atoms with van der Waals surface area (Å²) in [5, 5.41) is 0.921. The van der Waals surface area contributed by atoms with E-state index in [4.69, 9.17) is 0 Å². The highest BCUT2D eigenvalue weighted by Crippen LogP contribution is 2.23. The molecule has 0 spiro atoms. The topological polar surface area (TPSA) is 33.2 Å². The van der Waals surface area contributed by atoms with Crippen LogP contribution in [0, 0.1) is 0 Å². The Morgan fingerprint density at radius 3 is 2.79 bits per heavy atom. The van der Waals surface area contributed by atoms with Crippen molar-refractivity contribution in [1.29, 1.82) is 0 Å². The SMILES string of the molecule is CCC(C)N(C)c1ncc(C(C)=O)s1. The summed E-state index contributed by atoms with van der Waals surface area (Å²) in [6.45, 7) is 5.86. The molecule has 0 N–H and O–H groups in total. The van der Waals surface area contributed by atoms with Gasteiger partial charge in [0.2, 0.25) is 0 Å². The molecule has 1 atom stereocenters. The molecule has 0 amide bonds. The maximum absolute atomic E-state index is 11.1. The van der Waals surface area contributed by atoms with Crippen molar-refractivity contribution in [3.8, 4) is 0 Å². The lowest BCUT2D eigenvalue weighted by Crippen LogP contribution is -2.27. The first-order chi connectivity index (χ1) is 6.56. The first-order valence-electron chi connectivity index (χ1n) is 4.75. The largest absolute Gasteiger partial charge is 0.348 e. The Bertz CT molecular complexity index is 322. The molecule has 0 aliphatic heterocycles. The summed E-state index contributed by atoms with van der Waals surface area (Å²) in [7, 11) is 2.01. The molecule has 78 valence electrons. The maximum Gasteiger partial charge on any atom is 0.185 e. The van der Waals surface area contributed by atoms with Gasteiger partial charge >= 0.3 is 0 Å². The number of hydrogen-bond donors (Lipinski definition) is 0. The van der Waals surface area contributed by atoms with Crippen LogP contribution in [-0.2, 0) is 0 Å². The number of ketones is 1. The van der Waals surface area contributed by atoms with Crippen LogP contribution in [0.3, 0.4) is 0 Å². The Labute approximate surface area is 88.8 Å². The lowest BCUT2D eigenvalue weighted by molar-refractivity contribution is 0.102. The van der Waals surface area contributed by atoms with Gasteiger partial charge in [-0.05, 0) is 13.3 Å². The van der Waals surface area contributed by atoms with E-state index in [1.807, 2.05) is 7.05 Å². The lowest BCUT2D eigenvalue weighted by Gasteiger charge is -2.22. The fourth-order valence-electron chi connectivity index (χ4n) is 1.05. The van der Waals surface area contributed by atoms with Crippen LogP contribution in [0.15, 0.2) is 6.20 Å². The molecule has 3 nitrogen and oxygen atoms in total. The van der Waals surface area contributed by atoms with Crippen LogP contribution in [0.25, 0.3) is 0 Å². The summed E-state index contributed by atoms with van der Waals surface area (Å²) >= 11 is 1.46. The highest BCUT2D eigenvalue weighted by molar-refractivity contribution is 7.17. The van der Waals surface area contributed by atoms with Gasteiger partial charge in [0.25, 0.3) is 0 Å². The molecule has 0 aromatic carbocycles. The van der Waals surface area contributed by atoms with Gasteiger partial charge < -0.3 is 4.90 Å². The third kappa shape index (κ3) is 2.32. The van der Waals surface area contributed by atoms with E-state index in [2.05, 4.69) is 23.7 Å². The van der Waals surface area contributed by atoms with Gasteiger partial charge in [0.05, 0.1) is 11.1 Å². The second-order valence-electron chi connectivity index (χ2n) is 3.43. The molecule has 0 fully saturated rings. The predicted molar refractivity (Wildman–Crippen MR) is 60.3 cm³/mol. The number of anilines is 1. The van der Waals surface area contributed by atoms with Crippen molar-refractivity contribution in [2.75, 3.05) is 11.9 Å². The summed E-state index contributed by atoms with van der Waals surface area (Å²) in [4.78, 5) is 18.1. The van der Waals surface area contributed by atoms with Crippen molar-refractivity contribution < 1.29 is 4.79 Å². The van der Waals surface area contributed by atoms with E-state index in [0.29, 0.717) is 6.04 Å². The van der Waals surface area contributed by atoms with E-state index in [1.165, 1.54) is 11.3 Å². The molecule has 14 heavy (non-hydrogen) atoms. The molecule has 1 heterocycles. The van der Waals surface area contributed by atoms with E-state index >= 15 is 0 Å². The van der Waals surface area contributed by atoms with Gasteiger partial charge in [-0.3, -0.25) is 4.79 Å². The third-order valence-corrected chi connectivity index (χ3v) is 3.58. The van der Waals surface area contributed by atoms with Crippen molar-refractivity contribution in [2.24, 2.45) is 0 Å². The molecule has 1 unspecified atom stereocenters. The van der Waals surface area contributed by atoms with Gasteiger partial charge in [-0.25, -0.2) is 4.98 Å². The lowest BCUT2D eigenvalue weighted by atomic mass is 10.2. The molecule has 0 aliphatic rings. The van der Waals surface area contributed by atoms with Crippen LogP contribution in [0.1, 0.15) is 36.9 Å². The van der Waals surface area contributed by atoms with Crippen molar-refractivity contribution in [3.05, 3.63) is 11.1 Å². The van der Waals surface area contributed by atoms with Crippen molar-refractivity contribution >= 4 is 22.3 Å². The summed E-state index contributed by atoms with van der Waals surface area (Å²) in [5.74, 6) is 0.0892. The molecule has 4 heteroatoms. The number of hydrogen-bond acceptors (Lipinski definition) is 4. The highest BCUT2D eigenvalue weighted by atomic mass is 32.1. The quantitative estimate of drug-likeness (QED) is 0.719. The minimum absolute atomic E-state index is 0.0892. The number of thiazole rings is 1. The van der Waals surface area contributed by atoms with Crippen molar-refractivity contribution in [1.82, 2.24) is 4.98 Å². The summed E-state index contributed by atoms with van der Waals surface area (Å²) in [6, 6.07) is 0.459. The van der Waals surface area contributed by atoms with Gasteiger partial charge in [0.1, 0.15) is 0 Å². The van der Waals surface area contributed by atoms with Crippen LogP contribution >= 0.6 is 11.3 Å². The number of Topliss-reactive ketones (excluding diaryl/α,β-unsaturated/α-hetero) is 1. The minimum atomic E-state index is 0.0892. The summed E-state index contributed by atoms with van der Waals surface area (Å²) < 4.78 is 0. The fraction of sp³-hybridized carbons (Fsp3) is 0.600. The monoisotopic (exact) mass is 212 g/mol. The van der Waals surface area contributed by atoms with Gasteiger partial charge in [0, 0.05) is 20.0 Å². The molecular formula is C10H16N2OS. The minimum Gasteiger partial charge on any atom is -0.348 e. The van der Waals surface area contributed by atoms with Gasteiger partial charge in [-0.2, -0.15) is 0 Å². The Balaban J connectivity index is 2.81. The van der Waals surface area contributed by atoms with Crippen molar-refractivity contribution in [2.45, 2.75) is 33.2 Å². The maximum atomic E-state index is 11.1. The molecule has 0 saturated carbocycles. The highest BCUT2D eigenvalue weighted by Gasteiger charge is 2.13. The molecule has 1 aromatic heterocycles. The van der Waals surface area contributed by atoms with Crippen LogP contribution in [-0.4, -0.2) is 23.9 Å². The zero-order valence-electron chi connectivity index (χ0n) is 9.07. The molecule has 1 rings (SSSR count). The van der Waals surface area contributed by atoms with Gasteiger partial charge in [-0.1, -0.05) is 18.3 Å². The molecule has 0 bridgehead atoms. The van der Waals surface area contributed by atoms with E-state index in [-0.39, 0.29) is 5.78 Å². The molecular weight excluding hydrogens is 196 g/mol. The van der Waals surface area contributed by atoms with Crippen LogP contribution in [0.5, 0.6) is 0 Å². The summed E-state index contributed by atoms with van der Waals surface area (Å²) in [5.41, 5.74) is 0. The number of carbonyl (C=O) groups excluding carboxylic acids is 1. The Hall–Kier alpha value is -0.900. The smallest absolute Gasteiger partial charge is 0.185 e. The second-order valence-corrected chi connectivity index (χ2v) is 4.44. The zero-order chi connectivity index (χ0) is 10.7. The predicted octanol–water partition coefficient (Wildman–Crippen LogP) is 2.58.